The first kappa shape index (κ1) is 10.3. The van der Waals surface area contributed by atoms with Gasteiger partial charge in [0.05, 0.1) is 0 Å². The van der Waals surface area contributed by atoms with Crippen LogP contribution in [-0.2, 0) is 0 Å². The van der Waals surface area contributed by atoms with E-state index in [1.165, 1.54) is 19.3 Å². The fourth-order valence-electron chi connectivity index (χ4n) is 3.43. The molecule has 0 aromatic rings. The van der Waals surface area contributed by atoms with Gasteiger partial charge in [-0.25, -0.2) is 0 Å². The highest BCUT2D eigenvalue weighted by molar-refractivity contribution is 6.18. The Bertz CT molecular complexity index is 278. The summed E-state index contributed by atoms with van der Waals surface area (Å²) in [6.07, 6.45) is 3.93. The maximum Gasteiger partial charge on any atom is 0.104 e. The Morgan fingerprint density at radius 3 is 2.93 bits per heavy atom. The summed E-state index contributed by atoms with van der Waals surface area (Å²) < 4.78 is 0. The molecule has 0 radical (unpaired) electrons. The Balaban J connectivity index is 2.24. The molecule has 2 fully saturated rings. The SMILES string of the molecule is CC1(C#CCO)C2CCC(C2)C1CCl. The Kier molecular flexibility index (Phi) is 2.77. The maximum atomic E-state index is 8.76. The minimum absolute atomic E-state index is 0.0258. The van der Waals surface area contributed by atoms with E-state index in [1.807, 2.05) is 0 Å². The molecule has 1 N–H and O–H groups in total. The van der Waals surface area contributed by atoms with Crippen molar-refractivity contribution in [2.24, 2.45) is 23.2 Å². The van der Waals surface area contributed by atoms with Crippen LogP contribution in [0.3, 0.4) is 0 Å². The molecule has 0 aromatic carbocycles. The predicted octanol–water partition coefficient (Wildman–Crippen LogP) is 2.27. The van der Waals surface area contributed by atoms with Gasteiger partial charge < -0.3 is 5.11 Å². The molecule has 0 amide bonds. The number of halogens is 1. The fourth-order valence-corrected chi connectivity index (χ4v) is 4.00. The second-order valence-corrected chi connectivity index (χ2v) is 5.08. The lowest BCUT2D eigenvalue weighted by Crippen LogP contribution is -2.33. The van der Waals surface area contributed by atoms with E-state index in [1.54, 1.807) is 0 Å². The Labute approximate surface area is 90.8 Å². The van der Waals surface area contributed by atoms with Crippen molar-refractivity contribution in [2.45, 2.75) is 26.2 Å². The molecule has 2 rings (SSSR count). The highest BCUT2D eigenvalue weighted by atomic mass is 35.5. The first-order valence-corrected chi connectivity index (χ1v) is 5.92. The van der Waals surface area contributed by atoms with Gasteiger partial charge in [-0.3, -0.25) is 0 Å². The quantitative estimate of drug-likeness (QED) is 0.522. The Morgan fingerprint density at radius 1 is 1.50 bits per heavy atom. The number of aliphatic hydroxyl groups is 1. The summed E-state index contributed by atoms with van der Waals surface area (Å²) in [5.41, 5.74) is 0.0768. The maximum absolute atomic E-state index is 8.76. The molecular formula is C12H17ClO. The number of hydrogen-bond donors (Lipinski definition) is 1. The van der Waals surface area contributed by atoms with Gasteiger partial charge in [0.15, 0.2) is 0 Å². The van der Waals surface area contributed by atoms with Crippen LogP contribution in [0.5, 0.6) is 0 Å². The van der Waals surface area contributed by atoms with Crippen molar-refractivity contribution in [3.8, 4) is 11.8 Å². The standard InChI is InChI=1S/C12H17ClO/c1-12(5-2-6-14)10-4-3-9(7-10)11(12)8-13/h9-11,14H,3-4,6-8H2,1H3. The van der Waals surface area contributed by atoms with Gasteiger partial charge in [-0.15, -0.1) is 11.6 Å². The third-order valence-corrected chi connectivity index (χ3v) is 4.60. The minimum atomic E-state index is -0.0258. The smallest absolute Gasteiger partial charge is 0.104 e. The summed E-state index contributed by atoms with van der Waals surface area (Å²) in [5.74, 6) is 8.85. The topological polar surface area (TPSA) is 20.2 Å². The average molecular weight is 213 g/mol. The summed E-state index contributed by atoms with van der Waals surface area (Å²) in [6.45, 7) is 2.20. The number of rotatable bonds is 1. The van der Waals surface area contributed by atoms with E-state index in [0.29, 0.717) is 5.92 Å². The van der Waals surface area contributed by atoms with Gasteiger partial charge in [-0.05, 0) is 43.9 Å². The van der Waals surface area contributed by atoms with E-state index in [-0.39, 0.29) is 12.0 Å². The number of fused-ring (bicyclic) bond motifs is 2. The van der Waals surface area contributed by atoms with Gasteiger partial charge in [0.2, 0.25) is 0 Å². The largest absolute Gasteiger partial charge is 0.384 e. The molecule has 1 nitrogen and oxygen atoms in total. The van der Waals surface area contributed by atoms with Crippen LogP contribution in [0, 0.1) is 35.0 Å². The molecule has 0 aliphatic heterocycles. The molecule has 2 aliphatic rings. The third kappa shape index (κ3) is 1.36. The van der Waals surface area contributed by atoms with E-state index in [2.05, 4.69) is 18.8 Å². The van der Waals surface area contributed by atoms with E-state index < -0.39 is 0 Å². The first-order valence-electron chi connectivity index (χ1n) is 5.39. The number of hydrogen-bond acceptors (Lipinski definition) is 1. The van der Waals surface area contributed by atoms with Crippen LogP contribution < -0.4 is 0 Å². The second kappa shape index (κ2) is 3.76. The van der Waals surface area contributed by atoms with Crippen LogP contribution in [0.2, 0.25) is 0 Å². The summed E-state index contributed by atoms with van der Waals surface area (Å²) in [6, 6.07) is 0. The highest BCUT2D eigenvalue weighted by Crippen LogP contribution is 2.59. The van der Waals surface area contributed by atoms with E-state index in [0.717, 1.165) is 17.7 Å². The van der Waals surface area contributed by atoms with Crippen LogP contribution in [0.25, 0.3) is 0 Å². The lowest BCUT2D eigenvalue weighted by molar-refractivity contribution is 0.186. The Morgan fingerprint density at radius 2 is 2.29 bits per heavy atom. The number of aliphatic hydroxyl groups excluding tert-OH is 1. The van der Waals surface area contributed by atoms with Gasteiger partial charge in [0, 0.05) is 11.3 Å². The molecule has 2 saturated carbocycles. The Hall–Kier alpha value is -0.190. The molecule has 14 heavy (non-hydrogen) atoms. The van der Waals surface area contributed by atoms with E-state index in [4.69, 9.17) is 16.7 Å². The van der Waals surface area contributed by atoms with Crippen molar-refractivity contribution in [3.63, 3.8) is 0 Å². The summed E-state index contributed by atoms with van der Waals surface area (Å²) in [4.78, 5) is 0. The van der Waals surface area contributed by atoms with Crippen molar-refractivity contribution < 1.29 is 5.11 Å². The lowest BCUT2D eigenvalue weighted by Gasteiger charge is -2.36. The van der Waals surface area contributed by atoms with Crippen LogP contribution in [-0.4, -0.2) is 17.6 Å². The highest BCUT2D eigenvalue weighted by Gasteiger charge is 2.54. The number of alkyl halides is 1. The molecule has 4 atom stereocenters. The zero-order valence-corrected chi connectivity index (χ0v) is 9.35. The van der Waals surface area contributed by atoms with E-state index >= 15 is 0 Å². The van der Waals surface area contributed by atoms with Crippen molar-refractivity contribution >= 4 is 11.6 Å². The van der Waals surface area contributed by atoms with Gasteiger partial charge in [-0.2, -0.15) is 0 Å². The van der Waals surface area contributed by atoms with Crippen molar-refractivity contribution in [2.75, 3.05) is 12.5 Å². The van der Waals surface area contributed by atoms with Gasteiger partial charge >= 0.3 is 0 Å². The first-order chi connectivity index (χ1) is 6.72. The van der Waals surface area contributed by atoms with Crippen LogP contribution in [0.1, 0.15) is 26.2 Å². The molecular weight excluding hydrogens is 196 g/mol. The van der Waals surface area contributed by atoms with E-state index in [9.17, 15) is 0 Å². The zero-order valence-electron chi connectivity index (χ0n) is 8.59. The molecule has 2 aliphatic carbocycles. The van der Waals surface area contributed by atoms with Crippen LogP contribution in [0.15, 0.2) is 0 Å². The van der Waals surface area contributed by atoms with Crippen molar-refractivity contribution in [1.82, 2.24) is 0 Å². The molecule has 0 saturated heterocycles. The van der Waals surface area contributed by atoms with Crippen molar-refractivity contribution in [3.05, 3.63) is 0 Å². The predicted molar refractivity (Wildman–Crippen MR) is 58.0 cm³/mol. The molecule has 0 spiro atoms. The summed E-state index contributed by atoms with van der Waals surface area (Å²) in [7, 11) is 0. The molecule has 2 heteroatoms. The molecule has 2 bridgehead atoms. The second-order valence-electron chi connectivity index (χ2n) is 4.77. The van der Waals surface area contributed by atoms with Gasteiger partial charge in [0.25, 0.3) is 0 Å². The molecule has 4 unspecified atom stereocenters. The monoisotopic (exact) mass is 212 g/mol. The molecule has 78 valence electrons. The van der Waals surface area contributed by atoms with Gasteiger partial charge in [0.1, 0.15) is 6.61 Å². The zero-order chi connectivity index (χ0) is 10.2. The molecule has 0 aromatic heterocycles. The summed E-state index contributed by atoms with van der Waals surface area (Å²) >= 11 is 6.03. The van der Waals surface area contributed by atoms with Crippen LogP contribution in [0.4, 0.5) is 0 Å². The molecule has 0 heterocycles. The van der Waals surface area contributed by atoms with Crippen LogP contribution >= 0.6 is 11.6 Å². The summed E-state index contributed by atoms with van der Waals surface area (Å²) in [5, 5.41) is 8.76. The minimum Gasteiger partial charge on any atom is -0.384 e. The average Bonchev–Trinajstić information content (AvgIpc) is 2.74. The third-order valence-electron chi connectivity index (χ3n) is 4.26. The normalized spacial score (nSPS) is 44.9. The fraction of sp³-hybridized carbons (Fsp3) is 0.833. The van der Waals surface area contributed by atoms with Gasteiger partial charge in [-0.1, -0.05) is 11.8 Å². The lowest BCUT2D eigenvalue weighted by atomic mass is 9.68. The van der Waals surface area contributed by atoms with Crippen molar-refractivity contribution in [1.29, 1.82) is 0 Å².